The lowest BCUT2D eigenvalue weighted by molar-refractivity contribution is -0.111. The standard InChI is InChI=1S/C18H16BrN5O/c1-3-18(25)22-13-5-6-15(23-17-7-4-12(19)9-20-17)14(8-13)16-10-24(2)11-21-16/h3-11H,1H2,2H3,(H,20,23)(H,22,25). The van der Waals surface area contributed by atoms with Crippen molar-refractivity contribution in [3.8, 4) is 11.3 Å². The summed E-state index contributed by atoms with van der Waals surface area (Å²) in [6.45, 7) is 3.47. The second-order valence-corrected chi connectivity index (χ2v) is 6.28. The van der Waals surface area contributed by atoms with E-state index in [9.17, 15) is 4.79 Å². The average Bonchev–Trinajstić information content (AvgIpc) is 3.04. The van der Waals surface area contributed by atoms with Crippen LogP contribution in [0.5, 0.6) is 0 Å². The van der Waals surface area contributed by atoms with Crippen LogP contribution in [0.4, 0.5) is 17.2 Å². The molecule has 0 unspecified atom stereocenters. The number of hydrogen-bond acceptors (Lipinski definition) is 4. The van der Waals surface area contributed by atoms with Gasteiger partial charge in [0.25, 0.3) is 0 Å². The molecule has 3 aromatic rings. The monoisotopic (exact) mass is 397 g/mol. The van der Waals surface area contributed by atoms with E-state index in [2.05, 4.69) is 43.1 Å². The van der Waals surface area contributed by atoms with Gasteiger partial charge in [-0.2, -0.15) is 0 Å². The van der Waals surface area contributed by atoms with E-state index in [0.717, 1.165) is 21.4 Å². The molecule has 126 valence electrons. The molecule has 3 rings (SSSR count). The molecule has 0 saturated carbocycles. The molecule has 2 N–H and O–H groups in total. The lowest BCUT2D eigenvalue weighted by Gasteiger charge is -2.12. The van der Waals surface area contributed by atoms with Gasteiger partial charge in [-0.25, -0.2) is 9.97 Å². The summed E-state index contributed by atoms with van der Waals surface area (Å²) >= 11 is 3.37. The Morgan fingerprint density at radius 3 is 2.76 bits per heavy atom. The van der Waals surface area contributed by atoms with Crippen molar-refractivity contribution < 1.29 is 4.79 Å². The third-order valence-electron chi connectivity index (χ3n) is 3.44. The molecule has 0 spiro atoms. The van der Waals surface area contributed by atoms with Gasteiger partial charge in [-0.05, 0) is 52.3 Å². The van der Waals surface area contributed by atoms with Gasteiger partial charge in [0.15, 0.2) is 0 Å². The van der Waals surface area contributed by atoms with E-state index in [0.29, 0.717) is 11.5 Å². The number of amides is 1. The lowest BCUT2D eigenvalue weighted by Crippen LogP contribution is -2.07. The van der Waals surface area contributed by atoms with E-state index in [1.54, 1.807) is 12.5 Å². The van der Waals surface area contributed by atoms with Crippen molar-refractivity contribution in [3.63, 3.8) is 0 Å². The predicted octanol–water partition coefficient (Wildman–Crippen LogP) is 4.11. The van der Waals surface area contributed by atoms with Crippen LogP contribution in [0.3, 0.4) is 0 Å². The second kappa shape index (κ2) is 7.31. The zero-order valence-corrected chi connectivity index (χ0v) is 15.1. The van der Waals surface area contributed by atoms with E-state index in [1.165, 1.54) is 6.08 Å². The summed E-state index contributed by atoms with van der Waals surface area (Å²) in [6, 6.07) is 9.35. The quantitative estimate of drug-likeness (QED) is 0.635. The predicted molar refractivity (Wildman–Crippen MR) is 103 cm³/mol. The highest BCUT2D eigenvalue weighted by molar-refractivity contribution is 9.10. The lowest BCUT2D eigenvalue weighted by atomic mass is 10.1. The number of nitrogens with one attached hydrogen (secondary N) is 2. The zero-order valence-electron chi connectivity index (χ0n) is 13.5. The Labute approximate surface area is 153 Å². The van der Waals surface area contributed by atoms with Gasteiger partial charge in [-0.15, -0.1) is 0 Å². The number of hydrogen-bond donors (Lipinski definition) is 2. The third-order valence-corrected chi connectivity index (χ3v) is 3.91. The minimum atomic E-state index is -0.262. The van der Waals surface area contributed by atoms with Crippen LogP contribution in [0.2, 0.25) is 0 Å². The fourth-order valence-corrected chi connectivity index (χ4v) is 2.51. The molecular weight excluding hydrogens is 382 g/mol. The molecule has 2 aromatic heterocycles. The van der Waals surface area contributed by atoms with Gasteiger partial charge in [0.1, 0.15) is 5.82 Å². The maximum atomic E-state index is 11.6. The van der Waals surface area contributed by atoms with Crippen molar-refractivity contribution >= 4 is 39.0 Å². The number of anilines is 3. The first kappa shape index (κ1) is 16.9. The van der Waals surface area contributed by atoms with Crippen LogP contribution >= 0.6 is 15.9 Å². The van der Waals surface area contributed by atoms with Gasteiger partial charge < -0.3 is 15.2 Å². The Kier molecular flexibility index (Phi) is 4.95. The van der Waals surface area contributed by atoms with Crippen molar-refractivity contribution in [2.75, 3.05) is 10.6 Å². The highest BCUT2D eigenvalue weighted by Gasteiger charge is 2.11. The van der Waals surface area contributed by atoms with Crippen LogP contribution in [-0.4, -0.2) is 20.4 Å². The number of pyridine rings is 1. The molecule has 1 aromatic carbocycles. The SMILES string of the molecule is C=CC(=O)Nc1ccc(Nc2ccc(Br)cn2)c(-c2cn(C)cn2)c1. The molecule has 7 heteroatoms. The summed E-state index contributed by atoms with van der Waals surface area (Å²) in [5.41, 5.74) is 3.15. The number of benzene rings is 1. The molecule has 0 bridgehead atoms. The molecule has 0 radical (unpaired) electrons. The number of nitrogens with zero attached hydrogens (tertiary/aromatic N) is 3. The first-order valence-electron chi connectivity index (χ1n) is 7.49. The van der Waals surface area contributed by atoms with Crippen molar-refractivity contribution in [3.05, 3.63) is 66.2 Å². The van der Waals surface area contributed by atoms with Gasteiger partial charge in [-0.3, -0.25) is 4.79 Å². The first-order valence-corrected chi connectivity index (χ1v) is 8.29. The molecule has 0 aliphatic heterocycles. The maximum Gasteiger partial charge on any atom is 0.247 e. The number of imidazole rings is 1. The normalized spacial score (nSPS) is 10.3. The van der Waals surface area contributed by atoms with Gasteiger partial charge in [0.2, 0.25) is 5.91 Å². The van der Waals surface area contributed by atoms with Crippen molar-refractivity contribution in [1.82, 2.24) is 14.5 Å². The Hall–Kier alpha value is -2.93. The molecule has 0 atom stereocenters. The van der Waals surface area contributed by atoms with Gasteiger partial charge in [-0.1, -0.05) is 6.58 Å². The molecular formula is C18H16BrN5O. The zero-order chi connectivity index (χ0) is 17.8. The second-order valence-electron chi connectivity index (χ2n) is 5.36. The highest BCUT2D eigenvalue weighted by atomic mass is 79.9. The molecule has 0 aliphatic rings. The van der Waals surface area contributed by atoms with Crippen molar-refractivity contribution in [2.45, 2.75) is 0 Å². The Balaban J connectivity index is 1.99. The number of halogens is 1. The smallest absolute Gasteiger partial charge is 0.247 e. The first-order chi connectivity index (χ1) is 12.0. The van der Waals surface area contributed by atoms with E-state index in [-0.39, 0.29) is 5.91 Å². The van der Waals surface area contributed by atoms with Gasteiger partial charge >= 0.3 is 0 Å². The van der Waals surface area contributed by atoms with E-state index in [1.807, 2.05) is 48.1 Å². The fraction of sp³-hybridized carbons (Fsp3) is 0.0556. The van der Waals surface area contributed by atoms with Crippen LogP contribution < -0.4 is 10.6 Å². The number of carbonyl (C=O) groups is 1. The summed E-state index contributed by atoms with van der Waals surface area (Å²) in [6.07, 6.45) is 6.60. The number of carbonyl (C=O) groups excluding carboxylic acids is 1. The molecule has 6 nitrogen and oxygen atoms in total. The molecule has 0 fully saturated rings. The minimum absolute atomic E-state index is 0.262. The van der Waals surface area contributed by atoms with Crippen LogP contribution in [0.25, 0.3) is 11.3 Å². The summed E-state index contributed by atoms with van der Waals surface area (Å²) in [7, 11) is 1.91. The molecule has 0 saturated heterocycles. The number of rotatable bonds is 5. The highest BCUT2D eigenvalue weighted by Crippen LogP contribution is 2.31. The molecule has 0 aliphatic carbocycles. The summed E-state index contributed by atoms with van der Waals surface area (Å²) in [4.78, 5) is 20.3. The number of aryl methyl sites for hydroxylation is 1. The number of aromatic nitrogens is 3. The molecule has 25 heavy (non-hydrogen) atoms. The Bertz CT molecular complexity index is 917. The van der Waals surface area contributed by atoms with Crippen LogP contribution in [0, 0.1) is 0 Å². The van der Waals surface area contributed by atoms with Crippen molar-refractivity contribution in [1.29, 1.82) is 0 Å². The van der Waals surface area contributed by atoms with Crippen LogP contribution in [-0.2, 0) is 11.8 Å². The largest absolute Gasteiger partial charge is 0.340 e. The Morgan fingerprint density at radius 1 is 1.28 bits per heavy atom. The van der Waals surface area contributed by atoms with Crippen LogP contribution in [0.1, 0.15) is 0 Å². The Morgan fingerprint density at radius 2 is 2.12 bits per heavy atom. The average molecular weight is 398 g/mol. The summed E-state index contributed by atoms with van der Waals surface area (Å²) < 4.78 is 2.77. The third kappa shape index (κ3) is 4.13. The maximum absolute atomic E-state index is 11.6. The van der Waals surface area contributed by atoms with E-state index < -0.39 is 0 Å². The molecule has 2 heterocycles. The topological polar surface area (TPSA) is 71.8 Å². The van der Waals surface area contributed by atoms with Crippen molar-refractivity contribution in [2.24, 2.45) is 7.05 Å². The van der Waals surface area contributed by atoms with Gasteiger partial charge in [0.05, 0.1) is 12.0 Å². The molecule has 1 amide bonds. The van der Waals surface area contributed by atoms with E-state index in [4.69, 9.17) is 0 Å². The van der Waals surface area contributed by atoms with E-state index >= 15 is 0 Å². The summed E-state index contributed by atoms with van der Waals surface area (Å²) in [5, 5.41) is 6.05. The van der Waals surface area contributed by atoms with Gasteiger partial charge in [0, 0.05) is 40.9 Å². The summed E-state index contributed by atoms with van der Waals surface area (Å²) in [5.74, 6) is 0.450. The minimum Gasteiger partial charge on any atom is -0.340 e. The fourth-order valence-electron chi connectivity index (χ4n) is 2.28. The van der Waals surface area contributed by atoms with Crippen LogP contribution in [0.15, 0.2) is 66.2 Å².